The first-order valence-electron chi connectivity index (χ1n) is 4.33. The van der Waals surface area contributed by atoms with Crippen LogP contribution in [0.3, 0.4) is 0 Å². The maximum atomic E-state index is 11.6. The van der Waals surface area contributed by atoms with Crippen LogP contribution in [0.1, 0.15) is 21.0 Å². The second-order valence-electron chi connectivity index (χ2n) is 2.83. The summed E-state index contributed by atoms with van der Waals surface area (Å²) in [5, 5.41) is 18.2. The Balaban J connectivity index is 2.19. The number of hydrogen-bond donors (Lipinski definition) is 2. The molecule has 0 aliphatic rings. The van der Waals surface area contributed by atoms with E-state index < -0.39 is 11.9 Å². The summed E-state index contributed by atoms with van der Waals surface area (Å²) in [7, 11) is 0. The van der Waals surface area contributed by atoms with Gasteiger partial charge in [-0.2, -0.15) is 0 Å². The van der Waals surface area contributed by atoms with Crippen LogP contribution >= 0.6 is 11.5 Å². The molecule has 0 radical (unpaired) electrons. The van der Waals surface area contributed by atoms with Crippen molar-refractivity contribution in [2.24, 2.45) is 0 Å². The van der Waals surface area contributed by atoms with E-state index in [1.54, 1.807) is 0 Å². The van der Waals surface area contributed by atoms with Crippen LogP contribution in [0.5, 0.6) is 0 Å². The van der Waals surface area contributed by atoms with Crippen LogP contribution in [0.4, 0.5) is 5.13 Å². The van der Waals surface area contributed by atoms with Crippen molar-refractivity contribution in [2.45, 2.75) is 0 Å². The van der Waals surface area contributed by atoms with Crippen LogP contribution in [-0.2, 0) is 0 Å². The minimum atomic E-state index is -1.20. The fourth-order valence-electron chi connectivity index (χ4n) is 1.02. The molecule has 0 aromatic carbocycles. The molecule has 0 unspecified atom stereocenters. The van der Waals surface area contributed by atoms with Gasteiger partial charge in [0, 0.05) is 11.5 Å². The third-order valence-electron chi connectivity index (χ3n) is 1.72. The summed E-state index contributed by atoms with van der Waals surface area (Å²) in [6.07, 6.45) is 0. The molecule has 2 aromatic heterocycles. The number of nitrogens with one attached hydrogen (secondary N) is 1. The molecule has 2 rings (SSSR count). The zero-order valence-corrected chi connectivity index (χ0v) is 9.01. The first kappa shape index (κ1) is 11.1. The quantitative estimate of drug-likeness (QED) is 0.804. The first-order valence-corrected chi connectivity index (χ1v) is 5.11. The third-order valence-corrected chi connectivity index (χ3v) is 2.23. The summed E-state index contributed by atoms with van der Waals surface area (Å²) in [4.78, 5) is 26.0. The second-order valence-corrected chi connectivity index (χ2v) is 3.57. The molecule has 0 aliphatic heterocycles. The Morgan fingerprint density at radius 2 is 2.06 bits per heavy atom. The van der Waals surface area contributed by atoms with Gasteiger partial charge in [0.25, 0.3) is 5.91 Å². The van der Waals surface area contributed by atoms with Gasteiger partial charge in [0.1, 0.15) is 11.4 Å². The Hall–Kier alpha value is -2.42. The van der Waals surface area contributed by atoms with Gasteiger partial charge in [-0.15, -0.1) is 0 Å². The molecule has 17 heavy (non-hydrogen) atoms. The molecule has 0 bridgehead atoms. The number of carbonyl (C=O) groups is 2. The number of carboxylic acid groups (broad SMARTS) is 1. The van der Waals surface area contributed by atoms with E-state index in [9.17, 15) is 9.59 Å². The van der Waals surface area contributed by atoms with Crippen molar-refractivity contribution in [2.75, 3.05) is 5.32 Å². The average Bonchev–Trinajstić information content (AvgIpc) is 2.82. The zero-order chi connectivity index (χ0) is 12.3. The topological polar surface area (TPSA) is 118 Å². The molecule has 2 N–H and O–H groups in total. The van der Waals surface area contributed by atoms with E-state index in [0.717, 1.165) is 11.5 Å². The number of hydrogen-bond acceptors (Lipinski definition) is 7. The summed E-state index contributed by atoms with van der Waals surface area (Å²) in [5.41, 5.74) is -0.215. The standard InChI is InChI=1S/C8H5N5O3S/c14-6(10-8-11-12-13-17-8)4-2-1-3-5(9-4)7(15)16/h1-3H,(H,15,16)(H,10,11,13,14). The van der Waals surface area contributed by atoms with Crippen molar-refractivity contribution < 1.29 is 14.7 Å². The van der Waals surface area contributed by atoms with E-state index >= 15 is 0 Å². The lowest BCUT2D eigenvalue weighted by atomic mass is 10.3. The highest BCUT2D eigenvalue weighted by atomic mass is 32.1. The molecule has 9 heteroatoms. The number of aromatic carboxylic acids is 1. The maximum Gasteiger partial charge on any atom is 0.354 e. The van der Waals surface area contributed by atoms with Crippen LogP contribution in [-0.4, -0.2) is 36.8 Å². The zero-order valence-electron chi connectivity index (χ0n) is 8.19. The van der Waals surface area contributed by atoms with Crippen LogP contribution < -0.4 is 5.32 Å². The van der Waals surface area contributed by atoms with Crippen LogP contribution in [0, 0.1) is 0 Å². The molecule has 0 saturated carbocycles. The van der Waals surface area contributed by atoms with Gasteiger partial charge >= 0.3 is 5.97 Å². The summed E-state index contributed by atoms with van der Waals surface area (Å²) in [6.45, 7) is 0. The molecule has 0 spiro atoms. The van der Waals surface area contributed by atoms with Crippen LogP contribution in [0.2, 0.25) is 0 Å². The van der Waals surface area contributed by atoms with E-state index in [1.165, 1.54) is 18.2 Å². The van der Waals surface area contributed by atoms with Crippen molar-refractivity contribution in [3.8, 4) is 0 Å². The van der Waals surface area contributed by atoms with Crippen molar-refractivity contribution in [1.29, 1.82) is 0 Å². The van der Waals surface area contributed by atoms with Crippen LogP contribution in [0.25, 0.3) is 0 Å². The van der Waals surface area contributed by atoms with Gasteiger partial charge in [-0.3, -0.25) is 10.1 Å². The van der Waals surface area contributed by atoms with Gasteiger partial charge in [0.15, 0.2) is 0 Å². The number of carbonyl (C=O) groups excluding carboxylic acids is 1. The molecule has 86 valence electrons. The van der Waals surface area contributed by atoms with Crippen molar-refractivity contribution in [3.05, 3.63) is 29.6 Å². The number of carboxylic acids is 1. The largest absolute Gasteiger partial charge is 0.477 e. The molecule has 2 heterocycles. The van der Waals surface area contributed by atoms with E-state index in [0.29, 0.717) is 0 Å². The highest BCUT2D eigenvalue weighted by Gasteiger charge is 2.12. The predicted molar refractivity (Wildman–Crippen MR) is 56.9 cm³/mol. The molecular formula is C8H5N5O3S. The molecule has 8 nitrogen and oxygen atoms in total. The Morgan fingerprint density at radius 1 is 1.29 bits per heavy atom. The molecule has 2 aromatic rings. The molecular weight excluding hydrogens is 246 g/mol. The normalized spacial score (nSPS) is 9.88. The summed E-state index contributed by atoms with van der Waals surface area (Å²) >= 11 is 0.908. The van der Waals surface area contributed by atoms with Gasteiger partial charge in [0.2, 0.25) is 5.13 Å². The molecule has 0 atom stereocenters. The number of aromatic nitrogens is 4. The van der Waals surface area contributed by atoms with Gasteiger partial charge in [0.05, 0.1) is 0 Å². The van der Waals surface area contributed by atoms with E-state index in [1.807, 2.05) is 0 Å². The van der Waals surface area contributed by atoms with E-state index in [4.69, 9.17) is 5.11 Å². The lowest BCUT2D eigenvalue weighted by Crippen LogP contribution is -2.15. The maximum absolute atomic E-state index is 11.6. The molecule has 0 aliphatic carbocycles. The summed E-state index contributed by atoms with van der Waals surface area (Å²) in [5.74, 6) is -1.76. The summed E-state index contributed by atoms with van der Waals surface area (Å²) in [6, 6.07) is 4.13. The number of pyridine rings is 1. The Kier molecular flexibility index (Phi) is 3.01. The van der Waals surface area contributed by atoms with Gasteiger partial charge in [-0.1, -0.05) is 15.7 Å². The van der Waals surface area contributed by atoms with E-state index in [-0.39, 0.29) is 16.5 Å². The fourth-order valence-corrected chi connectivity index (χ4v) is 1.39. The second kappa shape index (κ2) is 4.61. The smallest absolute Gasteiger partial charge is 0.354 e. The highest BCUT2D eigenvalue weighted by molar-refractivity contribution is 7.09. The Labute approximate surface area is 98.5 Å². The molecule has 0 saturated heterocycles. The summed E-state index contributed by atoms with van der Waals surface area (Å²) < 4.78 is 3.47. The van der Waals surface area contributed by atoms with Gasteiger partial charge in [-0.25, -0.2) is 9.78 Å². The van der Waals surface area contributed by atoms with Crippen molar-refractivity contribution >= 4 is 28.5 Å². The minimum absolute atomic E-state index is 0.0138. The van der Waals surface area contributed by atoms with Crippen molar-refractivity contribution in [3.63, 3.8) is 0 Å². The third kappa shape index (κ3) is 2.58. The number of rotatable bonds is 3. The number of anilines is 1. The lowest BCUT2D eigenvalue weighted by Gasteiger charge is -2.00. The number of amides is 1. The molecule has 1 amide bonds. The van der Waals surface area contributed by atoms with Gasteiger partial charge in [-0.05, 0) is 17.3 Å². The first-order chi connectivity index (χ1) is 8.16. The number of nitrogens with zero attached hydrogens (tertiary/aromatic N) is 4. The van der Waals surface area contributed by atoms with Crippen LogP contribution in [0.15, 0.2) is 18.2 Å². The molecule has 0 fully saturated rings. The fraction of sp³-hybridized carbons (Fsp3) is 0. The highest BCUT2D eigenvalue weighted by Crippen LogP contribution is 2.07. The lowest BCUT2D eigenvalue weighted by molar-refractivity contribution is 0.0690. The van der Waals surface area contributed by atoms with E-state index in [2.05, 4.69) is 25.1 Å². The van der Waals surface area contributed by atoms with Gasteiger partial charge < -0.3 is 5.11 Å². The Bertz CT molecular complexity index is 556. The van der Waals surface area contributed by atoms with Crippen molar-refractivity contribution in [1.82, 2.24) is 19.8 Å². The predicted octanol–water partition coefficient (Wildman–Crippen LogP) is 0.279. The Morgan fingerprint density at radius 3 is 2.71 bits per heavy atom. The minimum Gasteiger partial charge on any atom is -0.477 e. The monoisotopic (exact) mass is 251 g/mol. The average molecular weight is 251 g/mol. The SMILES string of the molecule is O=C(O)c1cccc(C(=O)Nc2nnns2)n1.